The summed E-state index contributed by atoms with van der Waals surface area (Å²) in [4.78, 5) is 17.8. The number of amides is 1. The summed E-state index contributed by atoms with van der Waals surface area (Å²) in [5.41, 5.74) is 1.34. The van der Waals surface area contributed by atoms with Crippen molar-refractivity contribution >= 4 is 5.91 Å². The molecule has 1 amide bonds. The molecule has 2 atom stereocenters. The zero-order valence-corrected chi connectivity index (χ0v) is 11.3. The molecule has 0 spiro atoms. The molecule has 0 aliphatic carbocycles. The monoisotopic (exact) mass is 246 g/mol. The highest BCUT2D eigenvalue weighted by atomic mass is 16.2. The van der Waals surface area contributed by atoms with Crippen LogP contribution in [0.3, 0.4) is 0 Å². The van der Waals surface area contributed by atoms with Gasteiger partial charge in [0, 0.05) is 31.4 Å². The van der Waals surface area contributed by atoms with Crippen molar-refractivity contribution < 1.29 is 4.79 Å². The van der Waals surface area contributed by atoms with Crippen molar-refractivity contribution in [2.24, 2.45) is 0 Å². The summed E-state index contributed by atoms with van der Waals surface area (Å²) >= 11 is 0. The zero-order chi connectivity index (χ0) is 13.0. The summed E-state index contributed by atoms with van der Waals surface area (Å²) in [5, 5.41) is 0. The van der Waals surface area contributed by atoms with Crippen LogP contribution in [0.5, 0.6) is 0 Å². The van der Waals surface area contributed by atoms with Crippen molar-refractivity contribution in [3.63, 3.8) is 0 Å². The molecule has 1 aliphatic heterocycles. The minimum Gasteiger partial charge on any atom is -0.340 e. The summed E-state index contributed by atoms with van der Waals surface area (Å²) in [7, 11) is 0. The lowest BCUT2D eigenvalue weighted by Gasteiger charge is -2.28. The smallest absolute Gasteiger partial charge is 0.222 e. The van der Waals surface area contributed by atoms with Gasteiger partial charge in [0.15, 0.2) is 0 Å². The minimum atomic E-state index is 0.326. The SMILES string of the molecule is CCC(CC(C)N1CCCC1=O)c1ccncc1. The first-order valence-corrected chi connectivity index (χ1v) is 6.91. The van der Waals surface area contributed by atoms with E-state index in [1.165, 1.54) is 5.56 Å². The van der Waals surface area contributed by atoms with E-state index in [1.54, 1.807) is 0 Å². The highest BCUT2D eigenvalue weighted by molar-refractivity contribution is 5.78. The summed E-state index contributed by atoms with van der Waals surface area (Å²) in [5.74, 6) is 0.850. The van der Waals surface area contributed by atoms with Gasteiger partial charge in [-0.1, -0.05) is 6.92 Å². The van der Waals surface area contributed by atoms with Crippen LogP contribution in [0.4, 0.5) is 0 Å². The Hall–Kier alpha value is -1.38. The molecule has 1 aromatic heterocycles. The molecule has 0 saturated carbocycles. The van der Waals surface area contributed by atoms with E-state index in [1.807, 2.05) is 17.3 Å². The van der Waals surface area contributed by atoms with Crippen LogP contribution >= 0.6 is 0 Å². The first-order valence-electron chi connectivity index (χ1n) is 6.91. The fraction of sp³-hybridized carbons (Fsp3) is 0.600. The summed E-state index contributed by atoms with van der Waals surface area (Å²) in [6, 6.07) is 4.53. The van der Waals surface area contributed by atoms with E-state index >= 15 is 0 Å². The Morgan fingerprint density at radius 2 is 2.11 bits per heavy atom. The second-order valence-electron chi connectivity index (χ2n) is 5.16. The van der Waals surface area contributed by atoms with E-state index in [4.69, 9.17) is 0 Å². The molecule has 0 bridgehead atoms. The van der Waals surface area contributed by atoms with Crippen molar-refractivity contribution in [2.75, 3.05) is 6.54 Å². The van der Waals surface area contributed by atoms with Crippen LogP contribution in [0.2, 0.25) is 0 Å². The summed E-state index contributed by atoms with van der Waals surface area (Å²) < 4.78 is 0. The molecular weight excluding hydrogens is 224 g/mol. The molecule has 0 N–H and O–H groups in total. The number of likely N-dealkylation sites (tertiary alicyclic amines) is 1. The van der Waals surface area contributed by atoms with E-state index in [0.29, 0.717) is 17.9 Å². The van der Waals surface area contributed by atoms with Gasteiger partial charge in [0.1, 0.15) is 0 Å². The van der Waals surface area contributed by atoms with Gasteiger partial charge in [-0.05, 0) is 49.8 Å². The van der Waals surface area contributed by atoms with Crippen molar-refractivity contribution in [3.05, 3.63) is 30.1 Å². The normalized spacial score (nSPS) is 19.0. The standard InChI is InChI=1S/C15H22N2O/c1-3-13(14-6-8-16-9-7-14)11-12(2)17-10-4-5-15(17)18/h6-9,12-13H,3-5,10-11H2,1-2H3. The average Bonchev–Trinajstić information content (AvgIpc) is 2.83. The van der Waals surface area contributed by atoms with Crippen molar-refractivity contribution in [2.45, 2.75) is 51.5 Å². The van der Waals surface area contributed by atoms with E-state index < -0.39 is 0 Å². The van der Waals surface area contributed by atoms with Crippen LogP contribution in [-0.4, -0.2) is 28.4 Å². The molecule has 0 aromatic carbocycles. The first-order chi connectivity index (χ1) is 8.72. The Morgan fingerprint density at radius 3 is 2.67 bits per heavy atom. The summed E-state index contributed by atoms with van der Waals surface area (Å²) in [6.45, 7) is 5.32. The quantitative estimate of drug-likeness (QED) is 0.800. The van der Waals surface area contributed by atoms with Gasteiger partial charge in [-0.3, -0.25) is 9.78 Å². The lowest BCUT2D eigenvalue weighted by molar-refractivity contribution is -0.129. The van der Waals surface area contributed by atoms with E-state index in [9.17, 15) is 4.79 Å². The van der Waals surface area contributed by atoms with Gasteiger partial charge in [-0.25, -0.2) is 0 Å². The maximum absolute atomic E-state index is 11.7. The average molecular weight is 246 g/mol. The molecule has 1 saturated heterocycles. The fourth-order valence-corrected chi connectivity index (χ4v) is 2.85. The maximum atomic E-state index is 11.7. The van der Waals surface area contributed by atoms with Crippen molar-refractivity contribution in [1.82, 2.24) is 9.88 Å². The highest BCUT2D eigenvalue weighted by Gasteiger charge is 2.26. The highest BCUT2D eigenvalue weighted by Crippen LogP contribution is 2.27. The molecule has 2 heterocycles. The Kier molecular flexibility index (Phi) is 4.34. The van der Waals surface area contributed by atoms with Gasteiger partial charge in [0.2, 0.25) is 5.91 Å². The van der Waals surface area contributed by atoms with Gasteiger partial charge >= 0.3 is 0 Å². The second-order valence-corrected chi connectivity index (χ2v) is 5.16. The zero-order valence-electron chi connectivity index (χ0n) is 11.3. The molecule has 1 fully saturated rings. The van der Waals surface area contributed by atoms with Crippen LogP contribution in [0.15, 0.2) is 24.5 Å². The molecule has 2 rings (SSSR count). The van der Waals surface area contributed by atoms with Gasteiger partial charge in [0.05, 0.1) is 0 Å². The molecule has 2 unspecified atom stereocenters. The molecule has 18 heavy (non-hydrogen) atoms. The van der Waals surface area contributed by atoms with Gasteiger partial charge in [-0.15, -0.1) is 0 Å². The number of rotatable bonds is 5. The van der Waals surface area contributed by atoms with Crippen LogP contribution in [0, 0.1) is 0 Å². The molecule has 3 nitrogen and oxygen atoms in total. The fourth-order valence-electron chi connectivity index (χ4n) is 2.85. The first kappa shape index (κ1) is 13.1. The van der Waals surface area contributed by atoms with Crippen molar-refractivity contribution in [1.29, 1.82) is 0 Å². The lowest BCUT2D eigenvalue weighted by atomic mass is 9.90. The largest absolute Gasteiger partial charge is 0.340 e. The second kappa shape index (κ2) is 5.98. The number of carbonyl (C=O) groups is 1. The maximum Gasteiger partial charge on any atom is 0.222 e. The minimum absolute atomic E-state index is 0.326. The van der Waals surface area contributed by atoms with Crippen LogP contribution < -0.4 is 0 Å². The third-order valence-corrected chi connectivity index (χ3v) is 3.94. The molecule has 0 radical (unpaired) electrons. The lowest BCUT2D eigenvalue weighted by Crippen LogP contribution is -2.35. The summed E-state index contributed by atoms with van der Waals surface area (Å²) in [6.07, 6.45) is 7.61. The molecule has 3 heteroatoms. The van der Waals surface area contributed by atoms with E-state index in [0.717, 1.165) is 32.2 Å². The van der Waals surface area contributed by atoms with Crippen LogP contribution in [0.25, 0.3) is 0 Å². The Balaban J connectivity index is 2.00. The van der Waals surface area contributed by atoms with Gasteiger partial charge in [-0.2, -0.15) is 0 Å². The molecule has 98 valence electrons. The number of carbonyl (C=O) groups excluding carboxylic acids is 1. The molecule has 1 aromatic rings. The number of aromatic nitrogens is 1. The third-order valence-electron chi connectivity index (χ3n) is 3.94. The Labute approximate surface area is 109 Å². The Bertz CT molecular complexity index is 391. The van der Waals surface area contributed by atoms with E-state index in [-0.39, 0.29) is 0 Å². The number of pyridine rings is 1. The van der Waals surface area contributed by atoms with Gasteiger partial charge < -0.3 is 4.90 Å². The third kappa shape index (κ3) is 2.89. The van der Waals surface area contributed by atoms with Crippen LogP contribution in [0.1, 0.15) is 51.0 Å². The van der Waals surface area contributed by atoms with Crippen molar-refractivity contribution in [3.8, 4) is 0 Å². The van der Waals surface area contributed by atoms with Gasteiger partial charge in [0.25, 0.3) is 0 Å². The number of hydrogen-bond acceptors (Lipinski definition) is 2. The predicted molar refractivity (Wildman–Crippen MR) is 72.3 cm³/mol. The van der Waals surface area contributed by atoms with Crippen LogP contribution in [-0.2, 0) is 4.79 Å². The topological polar surface area (TPSA) is 33.2 Å². The Morgan fingerprint density at radius 1 is 1.39 bits per heavy atom. The molecular formula is C15H22N2O. The molecule has 1 aliphatic rings. The number of nitrogens with zero attached hydrogens (tertiary/aromatic N) is 2. The van der Waals surface area contributed by atoms with E-state index in [2.05, 4.69) is 31.0 Å². The predicted octanol–water partition coefficient (Wildman–Crippen LogP) is 2.98. The number of hydrogen-bond donors (Lipinski definition) is 0.